The molecule has 0 aromatic heterocycles. The molecule has 1 aliphatic rings. The molecule has 1 N–H and O–H groups in total. The summed E-state index contributed by atoms with van der Waals surface area (Å²) in [6.45, 7) is 2.48. The molecule has 0 atom stereocenters. The van der Waals surface area contributed by atoms with Gasteiger partial charge in [-0.15, -0.1) is 6.42 Å². The number of benzene rings is 1. The molecule has 0 radical (unpaired) electrons. The van der Waals surface area contributed by atoms with E-state index in [9.17, 15) is 9.59 Å². The Morgan fingerprint density at radius 1 is 1.33 bits per heavy atom. The van der Waals surface area contributed by atoms with Crippen molar-refractivity contribution in [3.63, 3.8) is 0 Å². The van der Waals surface area contributed by atoms with E-state index in [1.54, 1.807) is 24.3 Å². The van der Waals surface area contributed by atoms with Crippen LogP contribution in [0.4, 0.5) is 0 Å². The minimum Gasteiger partial charge on any atom is -0.352 e. The normalized spacial score (nSPS) is 13.2. The van der Waals surface area contributed by atoms with E-state index in [0.717, 1.165) is 6.42 Å². The summed E-state index contributed by atoms with van der Waals surface area (Å²) in [7, 11) is 0. The summed E-state index contributed by atoms with van der Waals surface area (Å²) in [4.78, 5) is 24.1. The van der Waals surface area contributed by atoms with Crippen LogP contribution in [0.1, 0.15) is 29.3 Å². The van der Waals surface area contributed by atoms with E-state index in [0.29, 0.717) is 23.2 Å². The van der Waals surface area contributed by atoms with E-state index in [1.165, 1.54) is 0 Å². The highest BCUT2D eigenvalue weighted by atomic mass is 16.2. The first-order valence-corrected chi connectivity index (χ1v) is 5.83. The number of allylic oxidation sites excluding steroid dienone is 1. The van der Waals surface area contributed by atoms with Gasteiger partial charge in [-0.3, -0.25) is 9.59 Å². The summed E-state index contributed by atoms with van der Waals surface area (Å²) in [6, 6.07) is 7.02. The zero-order chi connectivity index (χ0) is 13.1. The van der Waals surface area contributed by atoms with Crippen LogP contribution in [-0.2, 0) is 4.79 Å². The maximum atomic E-state index is 12.2. The van der Waals surface area contributed by atoms with Gasteiger partial charge in [-0.2, -0.15) is 0 Å². The molecule has 0 aliphatic heterocycles. The Morgan fingerprint density at radius 2 is 2.00 bits per heavy atom. The van der Waals surface area contributed by atoms with Crippen molar-refractivity contribution in [1.82, 2.24) is 5.32 Å². The first-order chi connectivity index (χ1) is 8.70. The summed E-state index contributed by atoms with van der Waals surface area (Å²) in [5, 5.41) is 2.69. The Kier molecular flexibility index (Phi) is 3.29. The molecular weight excluding hydrogens is 226 g/mol. The molecule has 1 aromatic carbocycles. The van der Waals surface area contributed by atoms with E-state index < -0.39 is 0 Å². The molecule has 0 saturated carbocycles. The number of hydrogen-bond donors (Lipinski definition) is 1. The second kappa shape index (κ2) is 4.89. The smallest absolute Gasteiger partial charge is 0.256 e. The van der Waals surface area contributed by atoms with Crippen LogP contribution in [0.5, 0.6) is 0 Å². The van der Waals surface area contributed by atoms with Crippen LogP contribution >= 0.6 is 0 Å². The molecule has 3 heteroatoms. The molecule has 0 bridgehead atoms. The van der Waals surface area contributed by atoms with Gasteiger partial charge in [0.1, 0.15) is 5.57 Å². The minimum atomic E-state index is -0.383. The number of nitrogens with one attached hydrogen (secondary N) is 1. The van der Waals surface area contributed by atoms with Gasteiger partial charge in [0.25, 0.3) is 5.91 Å². The predicted molar refractivity (Wildman–Crippen MR) is 69.8 cm³/mol. The highest BCUT2D eigenvalue weighted by molar-refractivity contribution is 6.36. The Labute approximate surface area is 106 Å². The summed E-state index contributed by atoms with van der Waals surface area (Å²) in [6.07, 6.45) is 6.24. The van der Waals surface area contributed by atoms with Crippen LogP contribution in [0.15, 0.2) is 29.8 Å². The SMILES string of the molecule is C#CC1=C(C(=O)NCCC)C(=O)c2ccccc21. The number of fused-ring (bicyclic) bond motifs is 1. The van der Waals surface area contributed by atoms with E-state index >= 15 is 0 Å². The average molecular weight is 239 g/mol. The van der Waals surface area contributed by atoms with Crippen molar-refractivity contribution in [2.24, 2.45) is 0 Å². The molecule has 1 amide bonds. The number of Topliss-reactive ketones (excluding diaryl/α,β-unsaturated/α-hetero) is 1. The highest BCUT2D eigenvalue weighted by Gasteiger charge is 2.32. The lowest BCUT2D eigenvalue weighted by molar-refractivity contribution is -0.117. The van der Waals surface area contributed by atoms with Crippen molar-refractivity contribution in [1.29, 1.82) is 0 Å². The first kappa shape index (κ1) is 12.1. The molecule has 3 nitrogen and oxygen atoms in total. The van der Waals surface area contributed by atoms with Gasteiger partial charge in [0.2, 0.25) is 5.78 Å². The lowest BCUT2D eigenvalue weighted by atomic mass is 10.1. The summed E-state index contributed by atoms with van der Waals surface area (Å²) in [5.41, 5.74) is 1.66. The summed E-state index contributed by atoms with van der Waals surface area (Å²) >= 11 is 0. The van der Waals surface area contributed by atoms with Gasteiger partial charge in [0.15, 0.2) is 0 Å². The number of amides is 1. The standard InChI is InChI=1S/C15H13NO2/c1-3-9-16-15(18)13-10(4-2)11-7-5-6-8-12(11)14(13)17/h2,5-8H,3,9H2,1H3,(H,16,18). The number of rotatable bonds is 3. The van der Waals surface area contributed by atoms with Gasteiger partial charge < -0.3 is 5.32 Å². The molecule has 0 unspecified atom stereocenters. The monoisotopic (exact) mass is 239 g/mol. The molecule has 1 aromatic rings. The van der Waals surface area contributed by atoms with Gasteiger partial charge in [-0.05, 0) is 6.42 Å². The molecule has 1 aliphatic carbocycles. The lowest BCUT2D eigenvalue weighted by Crippen LogP contribution is -2.28. The van der Waals surface area contributed by atoms with E-state index in [4.69, 9.17) is 6.42 Å². The Morgan fingerprint density at radius 3 is 2.61 bits per heavy atom. The van der Waals surface area contributed by atoms with Crippen molar-refractivity contribution in [3.05, 3.63) is 41.0 Å². The zero-order valence-corrected chi connectivity index (χ0v) is 10.1. The van der Waals surface area contributed by atoms with Crippen LogP contribution in [0, 0.1) is 12.3 Å². The van der Waals surface area contributed by atoms with Crippen LogP contribution in [-0.4, -0.2) is 18.2 Å². The molecule has 2 rings (SSSR count). The van der Waals surface area contributed by atoms with Crippen LogP contribution < -0.4 is 5.32 Å². The van der Waals surface area contributed by atoms with Crippen LogP contribution in [0.2, 0.25) is 0 Å². The summed E-state index contributed by atoms with van der Waals surface area (Å²) < 4.78 is 0. The van der Waals surface area contributed by atoms with E-state index in [2.05, 4.69) is 11.2 Å². The van der Waals surface area contributed by atoms with Gasteiger partial charge in [0.05, 0.1) is 0 Å². The molecule has 0 heterocycles. The number of carbonyl (C=O) groups excluding carboxylic acids is 2. The molecule has 0 spiro atoms. The molecule has 0 saturated heterocycles. The van der Waals surface area contributed by atoms with Crippen molar-refractivity contribution >= 4 is 17.3 Å². The predicted octanol–water partition coefficient (Wildman–Crippen LogP) is 1.80. The summed E-state index contributed by atoms with van der Waals surface area (Å²) in [5.74, 6) is 1.79. The molecule has 18 heavy (non-hydrogen) atoms. The number of hydrogen-bond acceptors (Lipinski definition) is 2. The average Bonchev–Trinajstić information content (AvgIpc) is 2.69. The largest absolute Gasteiger partial charge is 0.352 e. The molecule has 90 valence electrons. The van der Waals surface area contributed by atoms with Gasteiger partial charge in [-0.1, -0.05) is 37.1 Å². The third-order valence-corrected chi connectivity index (χ3v) is 2.83. The fourth-order valence-electron chi connectivity index (χ4n) is 1.98. The topological polar surface area (TPSA) is 46.2 Å². The fourth-order valence-corrected chi connectivity index (χ4v) is 1.98. The quantitative estimate of drug-likeness (QED) is 0.645. The van der Waals surface area contributed by atoms with Crippen molar-refractivity contribution in [2.45, 2.75) is 13.3 Å². The van der Waals surface area contributed by atoms with E-state index in [1.807, 2.05) is 6.92 Å². The fraction of sp³-hybridized carbons (Fsp3) is 0.200. The Bertz CT molecular complexity index is 591. The second-order valence-corrected chi connectivity index (χ2v) is 4.02. The van der Waals surface area contributed by atoms with Gasteiger partial charge in [-0.25, -0.2) is 0 Å². The maximum absolute atomic E-state index is 12.2. The zero-order valence-electron chi connectivity index (χ0n) is 10.1. The number of ketones is 1. The first-order valence-electron chi connectivity index (χ1n) is 5.83. The second-order valence-electron chi connectivity index (χ2n) is 4.02. The van der Waals surface area contributed by atoms with Crippen molar-refractivity contribution in [3.8, 4) is 12.3 Å². The molecular formula is C15H13NO2. The lowest BCUT2D eigenvalue weighted by Gasteiger charge is -2.03. The molecule has 0 fully saturated rings. The van der Waals surface area contributed by atoms with Crippen LogP contribution in [0.25, 0.3) is 5.57 Å². The third kappa shape index (κ3) is 1.82. The van der Waals surface area contributed by atoms with Crippen molar-refractivity contribution < 1.29 is 9.59 Å². The Balaban J connectivity index is 2.45. The van der Waals surface area contributed by atoms with Crippen LogP contribution in [0.3, 0.4) is 0 Å². The highest BCUT2D eigenvalue weighted by Crippen LogP contribution is 2.32. The Hall–Kier alpha value is -2.34. The number of terminal acetylenes is 1. The maximum Gasteiger partial charge on any atom is 0.256 e. The van der Waals surface area contributed by atoms with Gasteiger partial charge in [0, 0.05) is 23.2 Å². The number of carbonyl (C=O) groups is 2. The minimum absolute atomic E-state index is 0.0900. The van der Waals surface area contributed by atoms with Gasteiger partial charge >= 0.3 is 0 Å². The van der Waals surface area contributed by atoms with Crippen molar-refractivity contribution in [2.75, 3.05) is 6.54 Å². The third-order valence-electron chi connectivity index (χ3n) is 2.83. The van der Waals surface area contributed by atoms with E-state index in [-0.39, 0.29) is 17.3 Å².